The van der Waals surface area contributed by atoms with E-state index in [-0.39, 0.29) is 0 Å². The normalized spacial score (nSPS) is 14.2. The number of rotatable bonds is 0. The highest BCUT2D eigenvalue weighted by Gasteiger charge is 2.11. The van der Waals surface area contributed by atoms with Crippen molar-refractivity contribution in [3.8, 4) is 5.75 Å². The van der Waals surface area contributed by atoms with E-state index in [0.29, 0.717) is 0 Å². The van der Waals surface area contributed by atoms with Crippen LogP contribution in [-0.4, -0.2) is 6.61 Å². The van der Waals surface area contributed by atoms with Gasteiger partial charge in [0, 0.05) is 6.42 Å². The third-order valence-electron chi connectivity index (χ3n) is 2.56. The number of hydrogen-bond acceptors (Lipinski definition) is 1. The van der Waals surface area contributed by atoms with Gasteiger partial charge in [0.2, 0.25) is 0 Å². The van der Waals surface area contributed by atoms with Crippen LogP contribution in [0.4, 0.5) is 0 Å². The summed E-state index contributed by atoms with van der Waals surface area (Å²) in [6, 6.07) is 12.8. The first-order chi connectivity index (χ1) is 6.43. The lowest BCUT2D eigenvalue weighted by atomic mass is 10.1. The predicted molar refractivity (Wildman–Crippen MR) is 53.1 cm³/mol. The molecule has 13 heavy (non-hydrogen) atoms. The summed E-state index contributed by atoms with van der Waals surface area (Å²) in [5, 5.41) is 2.58. The Bertz CT molecular complexity index is 417. The molecule has 3 rings (SSSR count). The molecule has 0 aliphatic carbocycles. The molecule has 1 nitrogen and oxygen atoms in total. The monoisotopic (exact) mass is 170 g/mol. The summed E-state index contributed by atoms with van der Waals surface area (Å²) in [5.74, 6) is 1.07. The Morgan fingerprint density at radius 3 is 2.62 bits per heavy atom. The molecule has 1 aliphatic rings. The van der Waals surface area contributed by atoms with Crippen molar-refractivity contribution in [1.82, 2.24) is 0 Å². The van der Waals surface area contributed by atoms with Gasteiger partial charge in [0.25, 0.3) is 0 Å². The zero-order valence-corrected chi connectivity index (χ0v) is 7.29. The minimum absolute atomic E-state index is 0.839. The number of hydrogen-bond donors (Lipinski definition) is 0. The van der Waals surface area contributed by atoms with Crippen molar-refractivity contribution in [2.24, 2.45) is 0 Å². The van der Waals surface area contributed by atoms with Crippen molar-refractivity contribution < 1.29 is 4.74 Å². The van der Waals surface area contributed by atoms with Gasteiger partial charge in [-0.1, -0.05) is 24.3 Å². The molecule has 0 spiro atoms. The van der Waals surface area contributed by atoms with Crippen LogP contribution in [0.5, 0.6) is 5.75 Å². The van der Waals surface area contributed by atoms with Gasteiger partial charge in [-0.05, 0) is 28.5 Å². The molecule has 1 heteroatoms. The number of ether oxygens (including phenoxy) is 1. The molecule has 0 unspecified atom stereocenters. The molecule has 2 aromatic rings. The molecule has 0 saturated carbocycles. The Balaban J connectivity index is 2.36. The van der Waals surface area contributed by atoms with Crippen LogP contribution in [0.1, 0.15) is 5.56 Å². The first kappa shape index (κ1) is 6.96. The van der Waals surface area contributed by atoms with Crippen LogP contribution in [-0.2, 0) is 6.42 Å². The topological polar surface area (TPSA) is 9.23 Å². The molecular formula is C12H10O. The van der Waals surface area contributed by atoms with Crippen LogP contribution in [0, 0.1) is 0 Å². The average Bonchev–Trinajstić information content (AvgIpc) is 2.61. The fourth-order valence-corrected chi connectivity index (χ4v) is 1.87. The second-order valence-electron chi connectivity index (χ2n) is 3.41. The standard InChI is InChI=1S/C12H10O/c1-2-4-10-8-12-11(5-6-13-12)7-9(10)3-1/h1-4,7-8H,5-6H2. The van der Waals surface area contributed by atoms with Gasteiger partial charge < -0.3 is 4.74 Å². The summed E-state index contributed by atoms with van der Waals surface area (Å²) in [4.78, 5) is 0. The van der Waals surface area contributed by atoms with Crippen molar-refractivity contribution in [3.63, 3.8) is 0 Å². The Labute approximate surface area is 77.0 Å². The van der Waals surface area contributed by atoms with Crippen LogP contribution in [0.15, 0.2) is 36.4 Å². The molecule has 0 saturated heterocycles. The molecule has 0 radical (unpaired) electrons. The van der Waals surface area contributed by atoms with Crippen LogP contribution < -0.4 is 4.74 Å². The second kappa shape index (κ2) is 2.49. The van der Waals surface area contributed by atoms with Gasteiger partial charge in [-0.25, -0.2) is 0 Å². The summed E-state index contributed by atoms with van der Waals surface area (Å²) in [7, 11) is 0. The third kappa shape index (κ3) is 1.00. The molecule has 0 bridgehead atoms. The van der Waals surface area contributed by atoms with Gasteiger partial charge in [0.1, 0.15) is 5.75 Å². The van der Waals surface area contributed by atoms with Gasteiger partial charge >= 0.3 is 0 Å². The summed E-state index contributed by atoms with van der Waals surface area (Å²) >= 11 is 0. The van der Waals surface area contributed by atoms with E-state index in [1.807, 2.05) is 0 Å². The van der Waals surface area contributed by atoms with E-state index in [2.05, 4.69) is 36.4 Å². The highest BCUT2D eigenvalue weighted by Crippen LogP contribution is 2.29. The lowest BCUT2D eigenvalue weighted by Crippen LogP contribution is -1.85. The van der Waals surface area contributed by atoms with Crippen molar-refractivity contribution in [1.29, 1.82) is 0 Å². The number of benzene rings is 2. The van der Waals surface area contributed by atoms with Crippen molar-refractivity contribution in [3.05, 3.63) is 42.0 Å². The molecule has 0 aromatic heterocycles. The molecular weight excluding hydrogens is 160 g/mol. The smallest absolute Gasteiger partial charge is 0.123 e. The minimum atomic E-state index is 0.839. The minimum Gasteiger partial charge on any atom is -0.493 e. The Hall–Kier alpha value is -1.50. The first-order valence-corrected chi connectivity index (χ1v) is 4.58. The number of fused-ring (bicyclic) bond motifs is 2. The SMILES string of the molecule is c1ccc2cc3c(cc2c1)CCO3. The zero-order valence-electron chi connectivity index (χ0n) is 7.29. The average molecular weight is 170 g/mol. The van der Waals surface area contributed by atoms with Gasteiger partial charge in [-0.3, -0.25) is 0 Å². The first-order valence-electron chi connectivity index (χ1n) is 4.58. The fraction of sp³-hybridized carbons (Fsp3) is 0.167. The van der Waals surface area contributed by atoms with E-state index in [9.17, 15) is 0 Å². The molecule has 1 heterocycles. The summed E-state index contributed by atoms with van der Waals surface area (Å²) < 4.78 is 5.51. The van der Waals surface area contributed by atoms with Gasteiger partial charge in [-0.15, -0.1) is 0 Å². The highest BCUT2D eigenvalue weighted by molar-refractivity contribution is 5.85. The van der Waals surface area contributed by atoms with E-state index >= 15 is 0 Å². The van der Waals surface area contributed by atoms with E-state index in [1.54, 1.807) is 0 Å². The second-order valence-corrected chi connectivity index (χ2v) is 3.41. The predicted octanol–water partition coefficient (Wildman–Crippen LogP) is 2.77. The zero-order chi connectivity index (χ0) is 8.67. The van der Waals surface area contributed by atoms with Crippen molar-refractivity contribution >= 4 is 10.8 Å². The molecule has 0 amide bonds. The van der Waals surface area contributed by atoms with Crippen LogP contribution >= 0.6 is 0 Å². The maximum atomic E-state index is 5.51. The maximum absolute atomic E-state index is 5.51. The maximum Gasteiger partial charge on any atom is 0.123 e. The van der Waals surface area contributed by atoms with Gasteiger partial charge in [-0.2, -0.15) is 0 Å². The molecule has 64 valence electrons. The summed E-state index contributed by atoms with van der Waals surface area (Å²) in [6.45, 7) is 0.839. The Morgan fingerprint density at radius 1 is 1.00 bits per heavy atom. The molecule has 2 aromatic carbocycles. The Morgan fingerprint density at radius 2 is 1.77 bits per heavy atom. The lowest BCUT2D eigenvalue weighted by Gasteiger charge is -2.01. The van der Waals surface area contributed by atoms with Crippen LogP contribution in [0.3, 0.4) is 0 Å². The van der Waals surface area contributed by atoms with Gasteiger partial charge in [0.05, 0.1) is 6.61 Å². The quantitative estimate of drug-likeness (QED) is 0.590. The van der Waals surface area contributed by atoms with Crippen LogP contribution in [0.2, 0.25) is 0 Å². The van der Waals surface area contributed by atoms with Gasteiger partial charge in [0.15, 0.2) is 0 Å². The van der Waals surface area contributed by atoms with Crippen molar-refractivity contribution in [2.75, 3.05) is 6.61 Å². The van der Waals surface area contributed by atoms with E-state index < -0.39 is 0 Å². The summed E-state index contributed by atoms with van der Waals surface area (Å²) in [5.41, 5.74) is 1.35. The molecule has 0 N–H and O–H groups in total. The third-order valence-corrected chi connectivity index (χ3v) is 2.56. The molecule has 0 atom stereocenters. The molecule has 0 fully saturated rings. The van der Waals surface area contributed by atoms with Crippen molar-refractivity contribution in [2.45, 2.75) is 6.42 Å². The van der Waals surface area contributed by atoms with E-state index in [1.165, 1.54) is 16.3 Å². The lowest BCUT2D eigenvalue weighted by molar-refractivity contribution is 0.357. The summed E-state index contributed by atoms with van der Waals surface area (Å²) in [6.07, 6.45) is 1.06. The highest BCUT2D eigenvalue weighted by atomic mass is 16.5. The molecule has 1 aliphatic heterocycles. The van der Waals surface area contributed by atoms with Crippen LogP contribution in [0.25, 0.3) is 10.8 Å². The fourth-order valence-electron chi connectivity index (χ4n) is 1.87. The largest absolute Gasteiger partial charge is 0.493 e. The van der Waals surface area contributed by atoms with E-state index in [0.717, 1.165) is 18.8 Å². The van der Waals surface area contributed by atoms with E-state index in [4.69, 9.17) is 4.74 Å². The Kier molecular flexibility index (Phi) is 1.33.